The number of halogens is 2. The second kappa shape index (κ2) is 10.7. The smallest absolute Gasteiger partial charge is 0.220 e. The Morgan fingerprint density at radius 2 is 2.14 bits per heavy atom. The van der Waals surface area contributed by atoms with E-state index in [9.17, 15) is 4.79 Å². The highest BCUT2D eigenvalue weighted by Crippen LogP contribution is 2.15. The van der Waals surface area contributed by atoms with Gasteiger partial charge in [-0.25, -0.2) is 0 Å². The summed E-state index contributed by atoms with van der Waals surface area (Å²) in [5.74, 6) is 0.838. The van der Waals surface area contributed by atoms with Gasteiger partial charge in [0.1, 0.15) is 0 Å². The first-order valence-electron chi connectivity index (χ1n) is 7.39. The fraction of sp³-hybridized carbons (Fsp3) is 0.562. The standard InChI is InChI=1S/C16H25N3O.2ClH/c1-19(2)15-5-3-4-14(10-15)12-18-16(20)7-6-13-8-9-17-11-13;;/h3-5,10,13,17H,6-9,11-12H2,1-2H3,(H,18,20);2*1H. The molecule has 0 saturated carbocycles. The highest BCUT2D eigenvalue weighted by molar-refractivity contribution is 5.85. The first-order chi connectivity index (χ1) is 9.65. The maximum Gasteiger partial charge on any atom is 0.220 e. The largest absolute Gasteiger partial charge is 0.378 e. The second-order valence-corrected chi connectivity index (χ2v) is 5.74. The first kappa shape index (κ1) is 21.0. The number of carbonyl (C=O) groups excluding carboxylic acids is 1. The minimum absolute atomic E-state index is 0. The minimum atomic E-state index is 0. The van der Waals surface area contributed by atoms with Crippen molar-refractivity contribution in [1.82, 2.24) is 10.6 Å². The molecule has 6 heteroatoms. The van der Waals surface area contributed by atoms with Gasteiger partial charge in [-0.3, -0.25) is 4.79 Å². The van der Waals surface area contributed by atoms with Crippen LogP contribution in [-0.2, 0) is 11.3 Å². The lowest BCUT2D eigenvalue weighted by Gasteiger charge is -2.14. The Bertz CT molecular complexity index is 449. The molecule has 22 heavy (non-hydrogen) atoms. The molecule has 0 radical (unpaired) electrons. The topological polar surface area (TPSA) is 44.4 Å². The van der Waals surface area contributed by atoms with E-state index in [0.717, 1.165) is 30.8 Å². The van der Waals surface area contributed by atoms with Crippen LogP contribution in [0.3, 0.4) is 0 Å². The van der Waals surface area contributed by atoms with Crippen molar-refractivity contribution in [2.75, 3.05) is 32.1 Å². The highest BCUT2D eigenvalue weighted by atomic mass is 35.5. The van der Waals surface area contributed by atoms with Gasteiger partial charge in [0.25, 0.3) is 0 Å². The summed E-state index contributed by atoms with van der Waals surface area (Å²) in [6.45, 7) is 2.78. The Hall–Kier alpha value is -0.970. The molecule has 1 heterocycles. The fourth-order valence-electron chi connectivity index (χ4n) is 2.53. The van der Waals surface area contributed by atoms with Gasteiger partial charge in [-0.05, 0) is 49.5 Å². The number of amides is 1. The van der Waals surface area contributed by atoms with Gasteiger partial charge in [-0.2, -0.15) is 0 Å². The summed E-state index contributed by atoms with van der Waals surface area (Å²) in [6, 6.07) is 8.26. The summed E-state index contributed by atoms with van der Waals surface area (Å²) in [7, 11) is 4.04. The zero-order valence-electron chi connectivity index (χ0n) is 13.3. The zero-order valence-corrected chi connectivity index (χ0v) is 14.9. The molecule has 2 N–H and O–H groups in total. The molecule has 126 valence electrons. The number of anilines is 1. The third-order valence-electron chi connectivity index (χ3n) is 3.86. The SMILES string of the molecule is CN(C)c1cccc(CNC(=O)CCC2CCNC2)c1.Cl.Cl. The van der Waals surface area contributed by atoms with Crippen LogP contribution >= 0.6 is 24.8 Å². The van der Waals surface area contributed by atoms with Crippen molar-refractivity contribution < 1.29 is 4.79 Å². The number of carbonyl (C=O) groups is 1. The maximum absolute atomic E-state index is 11.8. The van der Waals surface area contributed by atoms with Crippen molar-refractivity contribution in [2.45, 2.75) is 25.8 Å². The fourth-order valence-corrected chi connectivity index (χ4v) is 2.53. The van der Waals surface area contributed by atoms with Crippen LogP contribution in [0.15, 0.2) is 24.3 Å². The van der Waals surface area contributed by atoms with Crippen LogP contribution in [0.4, 0.5) is 5.69 Å². The van der Waals surface area contributed by atoms with Gasteiger partial charge in [-0.1, -0.05) is 12.1 Å². The summed E-state index contributed by atoms with van der Waals surface area (Å²) in [6.07, 6.45) is 2.84. The number of nitrogens with one attached hydrogen (secondary N) is 2. The zero-order chi connectivity index (χ0) is 14.4. The van der Waals surface area contributed by atoms with Crippen molar-refractivity contribution in [3.8, 4) is 0 Å². The lowest BCUT2D eigenvalue weighted by Crippen LogP contribution is -2.23. The maximum atomic E-state index is 11.8. The Morgan fingerprint density at radius 3 is 2.77 bits per heavy atom. The molecule has 0 spiro atoms. The number of hydrogen-bond donors (Lipinski definition) is 2. The van der Waals surface area contributed by atoms with E-state index >= 15 is 0 Å². The molecule has 1 aromatic carbocycles. The predicted octanol–water partition coefficient (Wildman–Crippen LogP) is 2.60. The van der Waals surface area contributed by atoms with Crippen LogP contribution in [-0.4, -0.2) is 33.1 Å². The minimum Gasteiger partial charge on any atom is -0.378 e. The normalized spacial score (nSPS) is 16.4. The Labute approximate surface area is 145 Å². The second-order valence-electron chi connectivity index (χ2n) is 5.74. The quantitative estimate of drug-likeness (QED) is 0.831. The van der Waals surface area contributed by atoms with E-state index in [4.69, 9.17) is 0 Å². The van der Waals surface area contributed by atoms with Gasteiger partial charge in [0.2, 0.25) is 5.91 Å². The third kappa shape index (κ3) is 6.86. The lowest BCUT2D eigenvalue weighted by molar-refractivity contribution is -0.121. The van der Waals surface area contributed by atoms with Crippen LogP contribution in [0.5, 0.6) is 0 Å². The average molecular weight is 348 g/mol. The molecule has 1 unspecified atom stereocenters. The molecule has 1 aliphatic heterocycles. The van der Waals surface area contributed by atoms with Crippen LogP contribution in [0, 0.1) is 5.92 Å². The van der Waals surface area contributed by atoms with Crippen LogP contribution in [0.1, 0.15) is 24.8 Å². The van der Waals surface area contributed by atoms with Crippen LogP contribution in [0.25, 0.3) is 0 Å². The van der Waals surface area contributed by atoms with Gasteiger partial charge in [0.05, 0.1) is 0 Å². The van der Waals surface area contributed by atoms with Crippen LogP contribution in [0.2, 0.25) is 0 Å². The van der Waals surface area contributed by atoms with Crippen molar-refractivity contribution >= 4 is 36.4 Å². The molecule has 0 aliphatic carbocycles. The molecule has 0 bridgehead atoms. The van der Waals surface area contributed by atoms with E-state index in [1.807, 2.05) is 26.2 Å². The number of benzene rings is 1. The van der Waals surface area contributed by atoms with E-state index < -0.39 is 0 Å². The summed E-state index contributed by atoms with van der Waals surface area (Å²) in [4.78, 5) is 13.9. The molecule has 1 aromatic rings. The first-order valence-corrected chi connectivity index (χ1v) is 7.39. The Balaban J connectivity index is 0.00000220. The summed E-state index contributed by atoms with van der Waals surface area (Å²) < 4.78 is 0. The van der Waals surface area contributed by atoms with Crippen LogP contribution < -0.4 is 15.5 Å². The van der Waals surface area contributed by atoms with E-state index in [0.29, 0.717) is 18.9 Å². The average Bonchev–Trinajstić information content (AvgIpc) is 2.96. The molecule has 4 nitrogen and oxygen atoms in total. The van der Waals surface area contributed by atoms with Crippen molar-refractivity contribution in [1.29, 1.82) is 0 Å². The molecule has 0 aromatic heterocycles. The number of nitrogens with zero attached hydrogens (tertiary/aromatic N) is 1. The van der Waals surface area contributed by atoms with E-state index in [1.54, 1.807) is 0 Å². The monoisotopic (exact) mass is 347 g/mol. The third-order valence-corrected chi connectivity index (χ3v) is 3.86. The molecular weight excluding hydrogens is 321 g/mol. The number of hydrogen-bond acceptors (Lipinski definition) is 3. The summed E-state index contributed by atoms with van der Waals surface area (Å²) in [5, 5.41) is 6.35. The predicted molar refractivity (Wildman–Crippen MR) is 97.3 cm³/mol. The number of rotatable bonds is 6. The van der Waals surface area contributed by atoms with Crippen molar-refractivity contribution in [3.05, 3.63) is 29.8 Å². The molecule has 1 amide bonds. The van der Waals surface area contributed by atoms with Gasteiger partial charge in [0.15, 0.2) is 0 Å². The van der Waals surface area contributed by atoms with Gasteiger partial charge < -0.3 is 15.5 Å². The summed E-state index contributed by atoms with van der Waals surface area (Å²) >= 11 is 0. The molecular formula is C16H27Cl2N3O. The molecule has 1 atom stereocenters. The molecule has 1 fully saturated rings. The van der Waals surface area contributed by atoms with E-state index in [-0.39, 0.29) is 30.7 Å². The molecule has 1 aliphatic rings. The van der Waals surface area contributed by atoms with Gasteiger partial charge in [-0.15, -0.1) is 24.8 Å². The van der Waals surface area contributed by atoms with Crippen molar-refractivity contribution in [2.24, 2.45) is 5.92 Å². The molecule has 1 saturated heterocycles. The highest BCUT2D eigenvalue weighted by Gasteiger charge is 2.15. The Kier molecular flexibility index (Phi) is 10.2. The van der Waals surface area contributed by atoms with E-state index in [1.165, 1.54) is 6.42 Å². The lowest BCUT2D eigenvalue weighted by atomic mass is 10.0. The summed E-state index contributed by atoms with van der Waals surface area (Å²) in [5.41, 5.74) is 2.31. The Morgan fingerprint density at radius 1 is 1.36 bits per heavy atom. The van der Waals surface area contributed by atoms with Gasteiger partial charge in [0, 0.05) is 32.7 Å². The van der Waals surface area contributed by atoms with Gasteiger partial charge >= 0.3 is 0 Å². The molecule has 2 rings (SSSR count). The van der Waals surface area contributed by atoms with Crippen molar-refractivity contribution in [3.63, 3.8) is 0 Å². The van der Waals surface area contributed by atoms with E-state index in [2.05, 4.69) is 27.7 Å².